The van der Waals surface area contributed by atoms with Gasteiger partial charge in [-0.15, -0.1) is 0 Å². The van der Waals surface area contributed by atoms with Crippen LogP contribution in [0, 0.1) is 5.92 Å². The average molecular weight is 170 g/mol. The van der Waals surface area contributed by atoms with Crippen molar-refractivity contribution in [3.05, 3.63) is 0 Å². The molecular formula is C10H18O2. The molecule has 0 saturated heterocycles. The summed E-state index contributed by atoms with van der Waals surface area (Å²) in [5, 5.41) is 0. The molecule has 12 heavy (non-hydrogen) atoms. The van der Waals surface area contributed by atoms with Crippen molar-refractivity contribution >= 4 is 5.78 Å². The second-order valence-corrected chi connectivity index (χ2v) is 3.64. The standard InChI is InChI=1S/C10H18O2/c1-12-7-3-2-4-9-5-6-10(11)8-9/h9H,2-8H2,1H3. The quantitative estimate of drug-likeness (QED) is 0.591. The van der Waals surface area contributed by atoms with Crippen molar-refractivity contribution < 1.29 is 9.53 Å². The van der Waals surface area contributed by atoms with E-state index >= 15 is 0 Å². The fourth-order valence-corrected chi connectivity index (χ4v) is 1.82. The third-order valence-corrected chi connectivity index (χ3v) is 2.56. The molecule has 0 heterocycles. The van der Waals surface area contributed by atoms with E-state index in [1.807, 2.05) is 0 Å². The van der Waals surface area contributed by atoms with Gasteiger partial charge in [0.15, 0.2) is 0 Å². The molecule has 0 bridgehead atoms. The van der Waals surface area contributed by atoms with E-state index in [9.17, 15) is 4.79 Å². The highest BCUT2D eigenvalue weighted by atomic mass is 16.5. The number of ketones is 1. The lowest BCUT2D eigenvalue weighted by Crippen LogP contribution is -1.96. The molecule has 1 aliphatic carbocycles. The topological polar surface area (TPSA) is 26.3 Å². The van der Waals surface area contributed by atoms with Gasteiger partial charge in [0.2, 0.25) is 0 Å². The van der Waals surface area contributed by atoms with Crippen LogP contribution in [0.4, 0.5) is 0 Å². The molecule has 0 spiro atoms. The molecule has 0 aromatic heterocycles. The largest absolute Gasteiger partial charge is 0.385 e. The highest BCUT2D eigenvalue weighted by Crippen LogP contribution is 2.26. The Kier molecular flexibility index (Phi) is 4.30. The minimum absolute atomic E-state index is 0.465. The van der Waals surface area contributed by atoms with Crippen LogP contribution in [-0.2, 0) is 9.53 Å². The van der Waals surface area contributed by atoms with Crippen molar-refractivity contribution in [2.45, 2.75) is 38.5 Å². The summed E-state index contributed by atoms with van der Waals surface area (Å²) in [6, 6.07) is 0. The SMILES string of the molecule is COCCCCC1CCC(=O)C1. The van der Waals surface area contributed by atoms with Crippen molar-refractivity contribution in [3.8, 4) is 0 Å². The minimum atomic E-state index is 0.465. The zero-order valence-electron chi connectivity index (χ0n) is 7.84. The summed E-state index contributed by atoms with van der Waals surface area (Å²) < 4.78 is 4.96. The number of ether oxygens (including phenoxy) is 1. The molecule has 1 atom stereocenters. The van der Waals surface area contributed by atoms with Gasteiger partial charge in [0.1, 0.15) is 5.78 Å². The Morgan fingerprint density at radius 3 is 2.92 bits per heavy atom. The van der Waals surface area contributed by atoms with E-state index in [0.717, 1.165) is 32.3 Å². The van der Waals surface area contributed by atoms with Crippen LogP contribution in [0.3, 0.4) is 0 Å². The van der Waals surface area contributed by atoms with Gasteiger partial charge in [-0.25, -0.2) is 0 Å². The van der Waals surface area contributed by atoms with E-state index in [1.54, 1.807) is 7.11 Å². The Labute approximate surface area is 74.3 Å². The number of methoxy groups -OCH3 is 1. The Morgan fingerprint density at radius 2 is 2.33 bits per heavy atom. The van der Waals surface area contributed by atoms with Gasteiger partial charge in [-0.05, 0) is 25.2 Å². The van der Waals surface area contributed by atoms with Crippen LogP contribution in [-0.4, -0.2) is 19.5 Å². The van der Waals surface area contributed by atoms with Crippen molar-refractivity contribution in [1.82, 2.24) is 0 Å². The first-order chi connectivity index (χ1) is 5.83. The summed E-state index contributed by atoms with van der Waals surface area (Å²) in [5.74, 6) is 1.15. The van der Waals surface area contributed by atoms with Crippen LogP contribution in [0.2, 0.25) is 0 Å². The normalized spacial score (nSPS) is 23.4. The first kappa shape index (κ1) is 9.72. The Hall–Kier alpha value is -0.370. The maximum atomic E-state index is 10.9. The van der Waals surface area contributed by atoms with Gasteiger partial charge in [-0.3, -0.25) is 4.79 Å². The molecular weight excluding hydrogens is 152 g/mol. The molecule has 1 unspecified atom stereocenters. The van der Waals surface area contributed by atoms with Crippen LogP contribution >= 0.6 is 0 Å². The van der Waals surface area contributed by atoms with Crippen LogP contribution in [0.15, 0.2) is 0 Å². The second kappa shape index (κ2) is 5.31. The summed E-state index contributed by atoms with van der Waals surface area (Å²) in [5.41, 5.74) is 0. The fourth-order valence-electron chi connectivity index (χ4n) is 1.82. The van der Waals surface area contributed by atoms with Gasteiger partial charge in [-0.2, -0.15) is 0 Å². The van der Waals surface area contributed by atoms with Crippen LogP contribution in [0.1, 0.15) is 38.5 Å². The molecule has 2 heteroatoms. The third kappa shape index (κ3) is 3.35. The van der Waals surface area contributed by atoms with Crippen LogP contribution in [0.5, 0.6) is 0 Å². The zero-order valence-corrected chi connectivity index (χ0v) is 7.84. The molecule has 0 radical (unpaired) electrons. The van der Waals surface area contributed by atoms with Crippen molar-refractivity contribution in [1.29, 1.82) is 0 Å². The Morgan fingerprint density at radius 1 is 1.50 bits per heavy atom. The van der Waals surface area contributed by atoms with Gasteiger partial charge in [-0.1, -0.05) is 6.42 Å². The zero-order chi connectivity index (χ0) is 8.81. The predicted octanol–water partition coefficient (Wildman–Crippen LogP) is 2.17. The first-order valence-electron chi connectivity index (χ1n) is 4.83. The molecule has 0 aromatic rings. The number of hydrogen-bond donors (Lipinski definition) is 0. The number of carbonyl (C=O) groups is 1. The van der Waals surface area contributed by atoms with Gasteiger partial charge >= 0.3 is 0 Å². The third-order valence-electron chi connectivity index (χ3n) is 2.56. The predicted molar refractivity (Wildman–Crippen MR) is 48.1 cm³/mol. The van der Waals surface area contributed by atoms with E-state index in [-0.39, 0.29) is 0 Å². The maximum absolute atomic E-state index is 10.9. The number of unbranched alkanes of at least 4 members (excludes halogenated alkanes) is 1. The van der Waals surface area contributed by atoms with Crippen LogP contribution in [0.25, 0.3) is 0 Å². The minimum Gasteiger partial charge on any atom is -0.385 e. The maximum Gasteiger partial charge on any atom is 0.133 e. The van der Waals surface area contributed by atoms with Gasteiger partial charge < -0.3 is 4.74 Å². The Bertz CT molecular complexity index is 143. The molecule has 0 aromatic carbocycles. The fraction of sp³-hybridized carbons (Fsp3) is 0.900. The van der Waals surface area contributed by atoms with Gasteiger partial charge in [0, 0.05) is 26.6 Å². The molecule has 1 rings (SSSR count). The smallest absolute Gasteiger partial charge is 0.133 e. The first-order valence-corrected chi connectivity index (χ1v) is 4.83. The lowest BCUT2D eigenvalue weighted by Gasteiger charge is -2.06. The van der Waals surface area contributed by atoms with E-state index in [4.69, 9.17) is 4.74 Å². The van der Waals surface area contributed by atoms with E-state index in [0.29, 0.717) is 11.7 Å². The van der Waals surface area contributed by atoms with Gasteiger partial charge in [0.05, 0.1) is 0 Å². The summed E-state index contributed by atoms with van der Waals surface area (Å²) in [4.78, 5) is 10.9. The molecule has 1 fully saturated rings. The van der Waals surface area contributed by atoms with E-state index in [2.05, 4.69) is 0 Å². The number of Topliss-reactive ketones (excluding diaryl/α,β-unsaturated/α-hetero) is 1. The molecule has 0 N–H and O–H groups in total. The van der Waals surface area contributed by atoms with E-state index < -0.39 is 0 Å². The van der Waals surface area contributed by atoms with Gasteiger partial charge in [0.25, 0.3) is 0 Å². The van der Waals surface area contributed by atoms with E-state index in [1.165, 1.54) is 12.8 Å². The number of hydrogen-bond acceptors (Lipinski definition) is 2. The molecule has 2 nitrogen and oxygen atoms in total. The van der Waals surface area contributed by atoms with Crippen molar-refractivity contribution in [2.75, 3.05) is 13.7 Å². The highest BCUT2D eigenvalue weighted by molar-refractivity contribution is 5.80. The average Bonchev–Trinajstić information content (AvgIpc) is 2.45. The summed E-state index contributed by atoms with van der Waals surface area (Å²) in [6.07, 6.45) is 6.37. The number of carbonyl (C=O) groups excluding carboxylic acids is 1. The Balaban J connectivity index is 1.97. The molecule has 1 aliphatic rings. The molecule has 0 aliphatic heterocycles. The van der Waals surface area contributed by atoms with Crippen molar-refractivity contribution in [3.63, 3.8) is 0 Å². The lowest BCUT2D eigenvalue weighted by molar-refractivity contribution is -0.117. The van der Waals surface area contributed by atoms with Crippen molar-refractivity contribution in [2.24, 2.45) is 5.92 Å². The lowest BCUT2D eigenvalue weighted by atomic mass is 10.0. The summed E-state index contributed by atoms with van der Waals surface area (Å²) in [7, 11) is 1.74. The number of rotatable bonds is 5. The molecule has 0 amide bonds. The van der Waals surface area contributed by atoms with Crippen LogP contribution < -0.4 is 0 Å². The summed E-state index contributed by atoms with van der Waals surface area (Å²) in [6.45, 7) is 0.862. The summed E-state index contributed by atoms with van der Waals surface area (Å²) >= 11 is 0. The second-order valence-electron chi connectivity index (χ2n) is 3.64. The highest BCUT2D eigenvalue weighted by Gasteiger charge is 2.20. The molecule has 1 saturated carbocycles. The molecule has 70 valence electrons. The monoisotopic (exact) mass is 170 g/mol.